The van der Waals surface area contributed by atoms with Gasteiger partial charge in [0.15, 0.2) is 0 Å². The van der Waals surface area contributed by atoms with Crippen LogP contribution in [-0.2, 0) is 17.8 Å². The molecular weight excluding hydrogens is 380 g/mol. The van der Waals surface area contributed by atoms with Crippen LogP contribution in [0.4, 0.5) is 0 Å². The lowest BCUT2D eigenvalue weighted by atomic mass is 10.0. The van der Waals surface area contributed by atoms with Crippen LogP contribution >= 0.6 is 0 Å². The van der Waals surface area contributed by atoms with Crippen molar-refractivity contribution in [3.05, 3.63) is 72.1 Å². The lowest BCUT2D eigenvalue weighted by Crippen LogP contribution is -2.43. The summed E-state index contributed by atoms with van der Waals surface area (Å²) < 4.78 is 11.4. The Kier molecular flexibility index (Phi) is 6.44. The van der Waals surface area contributed by atoms with Gasteiger partial charge < -0.3 is 14.3 Å². The Bertz CT molecular complexity index is 953. The highest BCUT2D eigenvalue weighted by molar-refractivity contribution is 5.73. The number of carbonyl (C=O) groups is 1. The Balaban J connectivity index is 1.27. The number of carboxylic acids is 1. The monoisotopic (exact) mass is 406 g/mol. The number of rotatable bonds is 8. The summed E-state index contributed by atoms with van der Waals surface area (Å²) in [6.45, 7) is 1.99. The van der Waals surface area contributed by atoms with Crippen molar-refractivity contribution < 1.29 is 19.1 Å². The predicted octanol–water partition coefficient (Wildman–Crippen LogP) is 4.40. The zero-order valence-corrected chi connectivity index (χ0v) is 16.9. The van der Waals surface area contributed by atoms with E-state index >= 15 is 0 Å². The van der Waals surface area contributed by atoms with Gasteiger partial charge in [-0.3, -0.25) is 9.69 Å². The van der Waals surface area contributed by atoms with Crippen molar-refractivity contribution in [3.63, 3.8) is 0 Å². The molecule has 0 bridgehead atoms. The number of ether oxygens (including phenoxy) is 1. The average Bonchev–Trinajstić information content (AvgIpc) is 3.25. The standard InChI is InChI=1S/C24H26N2O4/c27-24(28)22-8-4-5-14-26(22)16-18-9-11-21(12-10-18)29-15-13-20-17-30-23(25-20)19-6-2-1-3-7-19/h1-3,6-7,9-12,17,22H,4-5,8,13-16H2,(H,27,28). The number of hydrogen-bond acceptors (Lipinski definition) is 5. The summed E-state index contributed by atoms with van der Waals surface area (Å²) in [5.74, 6) is 0.684. The molecule has 1 saturated heterocycles. The molecule has 1 atom stereocenters. The molecule has 0 saturated carbocycles. The van der Waals surface area contributed by atoms with Gasteiger partial charge in [0.05, 0.1) is 12.3 Å². The van der Waals surface area contributed by atoms with Crippen molar-refractivity contribution in [1.82, 2.24) is 9.88 Å². The van der Waals surface area contributed by atoms with Gasteiger partial charge in [-0.15, -0.1) is 0 Å². The fraction of sp³-hybridized carbons (Fsp3) is 0.333. The molecule has 6 nitrogen and oxygen atoms in total. The second-order valence-corrected chi connectivity index (χ2v) is 7.57. The molecule has 0 amide bonds. The van der Waals surface area contributed by atoms with Crippen LogP contribution in [0, 0.1) is 0 Å². The van der Waals surface area contributed by atoms with Gasteiger partial charge in [-0.1, -0.05) is 36.8 Å². The minimum absolute atomic E-state index is 0.377. The number of aromatic nitrogens is 1. The topological polar surface area (TPSA) is 75.8 Å². The number of benzene rings is 2. The second-order valence-electron chi connectivity index (χ2n) is 7.57. The number of oxazole rings is 1. The molecule has 4 rings (SSSR count). The Morgan fingerprint density at radius 1 is 1.13 bits per heavy atom. The van der Waals surface area contributed by atoms with E-state index < -0.39 is 5.97 Å². The van der Waals surface area contributed by atoms with Gasteiger partial charge >= 0.3 is 5.97 Å². The molecule has 30 heavy (non-hydrogen) atoms. The Morgan fingerprint density at radius 2 is 1.93 bits per heavy atom. The number of carboxylic acid groups (broad SMARTS) is 1. The van der Waals surface area contributed by atoms with E-state index in [1.165, 1.54) is 0 Å². The van der Waals surface area contributed by atoms with Gasteiger partial charge in [0.2, 0.25) is 5.89 Å². The van der Waals surface area contributed by atoms with Crippen molar-refractivity contribution in [2.75, 3.05) is 13.2 Å². The Labute approximate surface area is 176 Å². The molecular formula is C24H26N2O4. The molecule has 0 spiro atoms. The van der Waals surface area contributed by atoms with E-state index in [9.17, 15) is 9.90 Å². The Morgan fingerprint density at radius 3 is 2.70 bits per heavy atom. The second kappa shape index (κ2) is 9.59. The minimum Gasteiger partial charge on any atom is -0.493 e. The SMILES string of the molecule is O=C(O)C1CCCCN1Cc1ccc(OCCc2coc(-c3ccccc3)n2)cc1. The number of aliphatic carboxylic acids is 1. The van der Waals surface area contributed by atoms with E-state index in [0.29, 0.717) is 25.5 Å². The average molecular weight is 406 g/mol. The molecule has 1 aliphatic heterocycles. The van der Waals surface area contributed by atoms with Crippen LogP contribution in [0.1, 0.15) is 30.5 Å². The summed E-state index contributed by atoms with van der Waals surface area (Å²) in [5.41, 5.74) is 2.91. The summed E-state index contributed by atoms with van der Waals surface area (Å²) in [6, 6.07) is 17.3. The summed E-state index contributed by atoms with van der Waals surface area (Å²) >= 11 is 0. The number of hydrogen-bond donors (Lipinski definition) is 1. The molecule has 2 aromatic carbocycles. The molecule has 1 aliphatic rings. The molecule has 6 heteroatoms. The molecule has 1 aromatic heterocycles. The van der Waals surface area contributed by atoms with E-state index in [2.05, 4.69) is 9.88 Å². The number of piperidine rings is 1. The van der Waals surface area contributed by atoms with Crippen LogP contribution in [0.5, 0.6) is 5.75 Å². The molecule has 1 N–H and O–H groups in total. The fourth-order valence-corrected chi connectivity index (χ4v) is 3.79. The highest BCUT2D eigenvalue weighted by Crippen LogP contribution is 2.22. The minimum atomic E-state index is -0.724. The largest absolute Gasteiger partial charge is 0.493 e. The summed E-state index contributed by atoms with van der Waals surface area (Å²) in [6.07, 6.45) is 5.10. The van der Waals surface area contributed by atoms with E-state index in [4.69, 9.17) is 9.15 Å². The van der Waals surface area contributed by atoms with Crippen LogP contribution in [-0.4, -0.2) is 40.2 Å². The van der Waals surface area contributed by atoms with Crippen LogP contribution in [0.25, 0.3) is 11.5 Å². The third-order valence-electron chi connectivity index (χ3n) is 5.41. The van der Waals surface area contributed by atoms with Crippen molar-refractivity contribution in [1.29, 1.82) is 0 Å². The maximum absolute atomic E-state index is 11.5. The van der Waals surface area contributed by atoms with Gasteiger partial charge in [0, 0.05) is 18.5 Å². The molecule has 156 valence electrons. The van der Waals surface area contributed by atoms with Gasteiger partial charge in [0.25, 0.3) is 0 Å². The molecule has 0 radical (unpaired) electrons. The van der Waals surface area contributed by atoms with E-state index in [1.54, 1.807) is 6.26 Å². The van der Waals surface area contributed by atoms with E-state index in [0.717, 1.165) is 48.4 Å². The predicted molar refractivity (Wildman–Crippen MR) is 113 cm³/mol. The molecule has 0 aliphatic carbocycles. The van der Waals surface area contributed by atoms with Crippen LogP contribution in [0.2, 0.25) is 0 Å². The highest BCUT2D eigenvalue weighted by atomic mass is 16.5. The molecule has 2 heterocycles. The zero-order valence-electron chi connectivity index (χ0n) is 16.9. The van der Waals surface area contributed by atoms with Crippen LogP contribution in [0.15, 0.2) is 65.3 Å². The summed E-state index contributed by atoms with van der Waals surface area (Å²) in [4.78, 5) is 18.0. The smallest absolute Gasteiger partial charge is 0.320 e. The maximum Gasteiger partial charge on any atom is 0.320 e. The summed E-state index contributed by atoms with van der Waals surface area (Å²) in [5, 5.41) is 9.41. The first-order valence-electron chi connectivity index (χ1n) is 10.4. The third kappa shape index (κ3) is 5.07. The first kappa shape index (κ1) is 20.2. The Hall–Kier alpha value is -3.12. The van der Waals surface area contributed by atoms with E-state index in [1.807, 2.05) is 54.6 Å². The van der Waals surface area contributed by atoms with Crippen LogP contribution in [0.3, 0.4) is 0 Å². The zero-order chi connectivity index (χ0) is 20.8. The first-order valence-corrected chi connectivity index (χ1v) is 10.4. The van der Waals surface area contributed by atoms with Crippen molar-refractivity contribution in [2.24, 2.45) is 0 Å². The van der Waals surface area contributed by atoms with Gasteiger partial charge in [-0.25, -0.2) is 4.98 Å². The lowest BCUT2D eigenvalue weighted by molar-refractivity contribution is -0.144. The van der Waals surface area contributed by atoms with Crippen molar-refractivity contribution >= 4 is 5.97 Å². The van der Waals surface area contributed by atoms with Crippen molar-refractivity contribution in [2.45, 2.75) is 38.3 Å². The van der Waals surface area contributed by atoms with Crippen LogP contribution < -0.4 is 4.74 Å². The van der Waals surface area contributed by atoms with Crippen molar-refractivity contribution in [3.8, 4) is 17.2 Å². The molecule has 3 aromatic rings. The number of nitrogens with zero attached hydrogens (tertiary/aromatic N) is 2. The molecule has 1 fully saturated rings. The van der Waals surface area contributed by atoms with E-state index in [-0.39, 0.29) is 6.04 Å². The fourth-order valence-electron chi connectivity index (χ4n) is 3.79. The highest BCUT2D eigenvalue weighted by Gasteiger charge is 2.28. The number of likely N-dealkylation sites (tertiary alicyclic amines) is 1. The molecule has 1 unspecified atom stereocenters. The lowest BCUT2D eigenvalue weighted by Gasteiger charge is -2.32. The van der Waals surface area contributed by atoms with Gasteiger partial charge in [0.1, 0.15) is 18.1 Å². The van der Waals surface area contributed by atoms with Gasteiger partial charge in [-0.2, -0.15) is 0 Å². The normalized spacial score (nSPS) is 17.0. The summed E-state index contributed by atoms with van der Waals surface area (Å²) in [7, 11) is 0. The third-order valence-corrected chi connectivity index (χ3v) is 5.41. The van der Waals surface area contributed by atoms with Gasteiger partial charge in [-0.05, 0) is 49.2 Å². The maximum atomic E-state index is 11.5. The first-order chi connectivity index (χ1) is 14.7. The quantitative estimate of drug-likeness (QED) is 0.597.